The molecule has 0 aliphatic carbocycles. The lowest BCUT2D eigenvalue weighted by atomic mass is 10.1. The summed E-state index contributed by atoms with van der Waals surface area (Å²) >= 11 is 0. The summed E-state index contributed by atoms with van der Waals surface area (Å²) < 4.78 is 0. The molecule has 1 heterocycles. The Kier molecular flexibility index (Phi) is 4.37. The highest BCUT2D eigenvalue weighted by atomic mass is 16.6. The quantitative estimate of drug-likeness (QED) is 0.676. The predicted molar refractivity (Wildman–Crippen MR) is 83.7 cm³/mol. The van der Waals surface area contributed by atoms with Crippen LogP contribution in [0.25, 0.3) is 0 Å². The second-order valence-corrected chi connectivity index (χ2v) is 4.99. The lowest BCUT2D eigenvalue weighted by Crippen LogP contribution is -2.10. The number of rotatable bonds is 5. The van der Waals surface area contributed by atoms with Gasteiger partial charge in [-0.2, -0.15) is 0 Å². The summed E-state index contributed by atoms with van der Waals surface area (Å²) in [5.41, 5.74) is 3.33. The Morgan fingerprint density at radius 3 is 2.71 bits per heavy atom. The zero-order valence-corrected chi connectivity index (χ0v) is 12.3. The molecule has 2 rings (SSSR count). The Balaban J connectivity index is 2.15. The Labute approximate surface area is 123 Å². The van der Waals surface area contributed by atoms with Crippen LogP contribution in [0.5, 0.6) is 0 Å². The van der Waals surface area contributed by atoms with Gasteiger partial charge in [-0.25, -0.2) is 4.98 Å². The van der Waals surface area contributed by atoms with Gasteiger partial charge in [0.05, 0.1) is 4.92 Å². The fourth-order valence-electron chi connectivity index (χ4n) is 2.02. The molecule has 2 aromatic rings. The van der Waals surface area contributed by atoms with Gasteiger partial charge in [0.2, 0.25) is 5.82 Å². The zero-order valence-electron chi connectivity index (χ0n) is 12.3. The molecule has 0 saturated carbocycles. The number of pyridine rings is 1. The van der Waals surface area contributed by atoms with Crippen LogP contribution in [0.3, 0.4) is 0 Å². The molecule has 1 N–H and O–H groups in total. The molecule has 0 unspecified atom stereocenters. The molecule has 0 bridgehead atoms. The third-order valence-corrected chi connectivity index (χ3v) is 3.27. The van der Waals surface area contributed by atoms with Crippen LogP contribution in [0.15, 0.2) is 36.5 Å². The van der Waals surface area contributed by atoms with Gasteiger partial charge in [-0.05, 0) is 36.2 Å². The van der Waals surface area contributed by atoms with Crippen molar-refractivity contribution in [1.29, 1.82) is 0 Å². The van der Waals surface area contributed by atoms with Crippen molar-refractivity contribution in [2.75, 3.05) is 24.3 Å². The number of benzene rings is 1. The second-order valence-electron chi connectivity index (χ2n) is 4.99. The van der Waals surface area contributed by atoms with E-state index < -0.39 is 4.92 Å². The van der Waals surface area contributed by atoms with Crippen LogP contribution in [-0.4, -0.2) is 24.0 Å². The summed E-state index contributed by atoms with van der Waals surface area (Å²) in [4.78, 5) is 16.6. The van der Waals surface area contributed by atoms with Gasteiger partial charge in [-0.15, -0.1) is 0 Å². The molecule has 0 fully saturated rings. The van der Waals surface area contributed by atoms with Crippen molar-refractivity contribution in [3.05, 3.63) is 57.8 Å². The van der Waals surface area contributed by atoms with Crippen molar-refractivity contribution in [1.82, 2.24) is 4.98 Å². The van der Waals surface area contributed by atoms with Crippen molar-refractivity contribution in [2.45, 2.75) is 13.5 Å². The van der Waals surface area contributed by atoms with E-state index in [0.29, 0.717) is 12.4 Å². The first-order valence-corrected chi connectivity index (χ1v) is 6.59. The van der Waals surface area contributed by atoms with E-state index in [1.807, 2.05) is 38.1 Å². The third kappa shape index (κ3) is 3.47. The number of nitro groups is 1. The molecular weight excluding hydrogens is 268 g/mol. The number of aromatic nitrogens is 1. The summed E-state index contributed by atoms with van der Waals surface area (Å²) in [5, 5.41) is 14.0. The van der Waals surface area contributed by atoms with E-state index in [9.17, 15) is 10.1 Å². The van der Waals surface area contributed by atoms with E-state index in [2.05, 4.69) is 16.4 Å². The van der Waals surface area contributed by atoms with Crippen molar-refractivity contribution in [3.8, 4) is 0 Å². The summed E-state index contributed by atoms with van der Waals surface area (Å²) in [5.74, 6) is 0.290. The van der Waals surface area contributed by atoms with Crippen molar-refractivity contribution in [2.24, 2.45) is 0 Å². The van der Waals surface area contributed by atoms with E-state index in [1.54, 1.807) is 6.07 Å². The van der Waals surface area contributed by atoms with Crippen molar-refractivity contribution >= 4 is 17.2 Å². The highest BCUT2D eigenvalue weighted by Gasteiger charge is 2.13. The number of nitrogens with zero attached hydrogens (tertiary/aromatic N) is 3. The average Bonchev–Trinajstić information content (AvgIpc) is 2.46. The van der Waals surface area contributed by atoms with Gasteiger partial charge in [-0.1, -0.05) is 6.07 Å². The third-order valence-electron chi connectivity index (χ3n) is 3.27. The van der Waals surface area contributed by atoms with Gasteiger partial charge in [0.15, 0.2) is 0 Å². The van der Waals surface area contributed by atoms with E-state index in [1.165, 1.54) is 12.3 Å². The van der Waals surface area contributed by atoms with E-state index >= 15 is 0 Å². The lowest BCUT2D eigenvalue weighted by molar-refractivity contribution is -0.384. The SMILES string of the molecule is Cc1cc(N(C)C)ccc1CNc1ncccc1[N+](=O)[O-]. The number of nitrogens with one attached hydrogen (secondary N) is 1. The topological polar surface area (TPSA) is 71.3 Å². The second kappa shape index (κ2) is 6.21. The zero-order chi connectivity index (χ0) is 15.4. The Morgan fingerprint density at radius 2 is 2.10 bits per heavy atom. The average molecular weight is 286 g/mol. The van der Waals surface area contributed by atoms with Crippen LogP contribution in [0.1, 0.15) is 11.1 Å². The molecule has 21 heavy (non-hydrogen) atoms. The van der Waals surface area contributed by atoms with E-state index in [-0.39, 0.29) is 5.69 Å². The fraction of sp³-hybridized carbons (Fsp3) is 0.267. The van der Waals surface area contributed by atoms with Crippen LogP contribution >= 0.6 is 0 Å². The van der Waals surface area contributed by atoms with E-state index in [4.69, 9.17) is 0 Å². The number of hydrogen-bond acceptors (Lipinski definition) is 5. The minimum atomic E-state index is -0.433. The van der Waals surface area contributed by atoms with Crippen LogP contribution in [0, 0.1) is 17.0 Å². The number of anilines is 2. The summed E-state index contributed by atoms with van der Waals surface area (Å²) in [6.07, 6.45) is 1.54. The smallest absolute Gasteiger partial charge is 0.311 e. The molecule has 110 valence electrons. The number of hydrogen-bond donors (Lipinski definition) is 1. The summed E-state index contributed by atoms with van der Waals surface area (Å²) in [6, 6.07) is 9.13. The summed E-state index contributed by atoms with van der Waals surface area (Å²) in [7, 11) is 3.98. The van der Waals surface area contributed by atoms with Crippen LogP contribution in [-0.2, 0) is 6.54 Å². The summed E-state index contributed by atoms with van der Waals surface area (Å²) in [6.45, 7) is 2.52. The Morgan fingerprint density at radius 1 is 1.33 bits per heavy atom. The van der Waals surface area contributed by atoms with Gasteiger partial charge >= 0.3 is 5.69 Å². The standard InChI is InChI=1S/C15H18N4O2/c1-11-9-13(18(2)3)7-6-12(11)10-17-15-14(19(20)21)5-4-8-16-15/h4-9H,10H2,1-3H3,(H,16,17). The molecule has 0 atom stereocenters. The Hall–Kier alpha value is -2.63. The van der Waals surface area contributed by atoms with Gasteiger partial charge in [0.25, 0.3) is 0 Å². The highest BCUT2D eigenvalue weighted by molar-refractivity contribution is 5.56. The number of aryl methyl sites for hydroxylation is 1. The van der Waals surface area contributed by atoms with Gasteiger partial charge < -0.3 is 10.2 Å². The normalized spacial score (nSPS) is 10.2. The minimum absolute atomic E-state index is 0.0138. The first-order chi connectivity index (χ1) is 9.99. The molecule has 6 heteroatoms. The monoisotopic (exact) mass is 286 g/mol. The Bertz CT molecular complexity index is 656. The molecule has 0 aliphatic heterocycles. The minimum Gasteiger partial charge on any atom is -0.378 e. The van der Waals surface area contributed by atoms with Crippen LogP contribution < -0.4 is 10.2 Å². The molecule has 0 radical (unpaired) electrons. The molecular formula is C15H18N4O2. The molecule has 0 amide bonds. The van der Waals surface area contributed by atoms with Crippen molar-refractivity contribution < 1.29 is 4.92 Å². The molecule has 0 aliphatic rings. The molecule has 0 spiro atoms. The van der Waals surface area contributed by atoms with Crippen LogP contribution in [0.4, 0.5) is 17.2 Å². The van der Waals surface area contributed by atoms with Crippen molar-refractivity contribution in [3.63, 3.8) is 0 Å². The molecule has 0 saturated heterocycles. The van der Waals surface area contributed by atoms with Gasteiger partial charge in [0.1, 0.15) is 0 Å². The maximum absolute atomic E-state index is 10.9. The van der Waals surface area contributed by atoms with Gasteiger partial charge in [0, 0.05) is 38.6 Å². The lowest BCUT2D eigenvalue weighted by Gasteiger charge is -2.15. The van der Waals surface area contributed by atoms with Crippen LogP contribution in [0.2, 0.25) is 0 Å². The fourth-order valence-corrected chi connectivity index (χ4v) is 2.02. The maximum atomic E-state index is 10.9. The first kappa shape index (κ1) is 14.8. The molecule has 1 aromatic carbocycles. The molecule has 1 aromatic heterocycles. The first-order valence-electron chi connectivity index (χ1n) is 6.59. The maximum Gasteiger partial charge on any atom is 0.311 e. The largest absolute Gasteiger partial charge is 0.378 e. The van der Waals surface area contributed by atoms with Gasteiger partial charge in [-0.3, -0.25) is 10.1 Å². The highest BCUT2D eigenvalue weighted by Crippen LogP contribution is 2.22. The predicted octanol–water partition coefficient (Wildman–Crippen LogP) is 2.98. The van der Waals surface area contributed by atoms with E-state index in [0.717, 1.165) is 16.8 Å². The molecule has 6 nitrogen and oxygen atoms in total.